The molecule has 0 amide bonds. The Kier molecular flexibility index (Phi) is 5.58. The number of halogens is 1. The number of methoxy groups -OCH3 is 1. The van der Waals surface area contributed by atoms with Gasteiger partial charge >= 0.3 is 5.97 Å². The monoisotopic (exact) mass is 255 g/mol. The second-order valence-electron chi connectivity index (χ2n) is 3.83. The number of nitrogens with one attached hydrogen (secondary N) is 1. The molecule has 0 spiro atoms. The lowest BCUT2D eigenvalue weighted by Gasteiger charge is -2.14. The summed E-state index contributed by atoms with van der Waals surface area (Å²) in [5.74, 6) is -0.978. The van der Waals surface area contributed by atoms with Gasteiger partial charge in [0.2, 0.25) is 0 Å². The molecule has 1 N–H and O–H groups in total. The van der Waals surface area contributed by atoms with Crippen LogP contribution in [0.2, 0.25) is 0 Å². The van der Waals surface area contributed by atoms with E-state index in [2.05, 4.69) is 10.1 Å². The molecule has 1 unspecified atom stereocenters. The fourth-order valence-electron chi connectivity index (χ4n) is 1.52. The quantitative estimate of drug-likeness (QED) is 0.790. The minimum atomic E-state index is -0.542. The molecule has 0 fully saturated rings. The van der Waals surface area contributed by atoms with Crippen LogP contribution in [0, 0.1) is 5.82 Å². The van der Waals surface area contributed by atoms with Crippen LogP contribution >= 0.6 is 0 Å². The zero-order chi connectivity index (χ0) is 13.5. The highest BCUT2D eigenvalue weighted by Crippen LogP contribution is 2.22. The molecule has 1 aromatic carbocycles. The second kappa shape index (κ2) is 6.96. The van der Waals surface area contributed by atoms with Gasteiger partial charge in [0.05, 0.1) is 7.11 Å². The van der Waals surface area contributed by atoms with Gasteiger partial charge in [0.25, 0.3) is 0 Å². The van der Waals surface area contributed by atoms with E-state index in [1.165, 1.54) is 19.2 Å². The first kappa shape index (κ1) is 14.4. The van der Waals surface area contributed by atoms with Crippen LogP contribution in [0.3, 0.4) is 0 Å². The fourth-order valence-corrected chi connectivity index (χ4v) is 1.52. The normalized spacial score (nSPS) is 12.0. The first-order valence-corrected chi connectivity index (χ1v) is 5.81. The largest absolute Gasteiger partial charge is 0.479 e. The summed E-state index contributed by atoms with van der Waals surface area (Å²) in [4.78, 5) is 10.9. The molecule has 0 bridgehead atoms. The molecule has 1 rings (SSSR count). The zero-order valence-corrected chi connectivity index (χ0v) is 10.8. The van der Waals surface area contributed by atoms with E-state index >= 15 is 0 Å². The standard InChI is InChI=1S/C13H18FNO3/c1-4-15-9(2)10-5-6-12(11(14)7-10)18-8-13(16)17-3/h5-7,9,15H,4,8H2,1-3H3. The van der Waals surface area contributed by atoms with Crippen molar-refractivity contribution >= 4 is 5.97 Å². The van der Waals surface area contributed by atoms with Gasteiger partial charge in [-0.3, -0.25) is 0 Å². The van der Waals surface area contributed by atoms with Crippen molar-refractivity contribution in [3.8, 4) is 5.75 Å². The van der Waals surface area contributed by atoms with Crippen LogP contribution in [0.15, 0.2) is 18.2 Å². The van der Waals surface area contributed by atoms with E-state index < -0.39 is 11.8 Å². The van der Waals surface area contributed by atoms with Crippen LogP contribution in [0.1, 0.15) is 25.5 Å². The molecular formula is C13H18FNO3. The van der Waals surface area contributed by atoms with E-state index in [-0.39, 0.29) is 18.4 Å². The molecule has 0 aliphatic heterocycles. The van der Waals surface area contributed by atoms with Crippen molar-refractivity contribution in [2.75, 3.05) is 20.3 Å². The Morgan fingerprint density at radius 1 is 1.50 bits per heavy atom. The molecule has 1 aromatic rings. The summed E-state index contributed by atoms with van der Waals surface area (Å²) in [6.07, 6.45) is 0. The predicted octanol–water partition coefficient (Wildman–Crippen LogP) is 2.05. The number of carbonyl (C=O) groups is 1. The van der Waals surface area contributed by atoms with E-state index in [0.29, 0.717) is 0 Å². The highest BCUT2D eigenvalue weighted by molar-refractivity contribution is 5.70. The van der Waals surface area contributed by atoms with Gasteiger partial charge in [-0.05, 0) is 31.2 Å². The van der Waals surface area contributed by atoms with Crippen molar-refractivity contribution in [1.82, 2.24) is 5.32 Å². The van der Waals surface area contributed by atoms with Crippen LogP contribution in [0.25, 0.3) is 0 Å². The lowest BCUT2D eigenvalue weighted by molar-refractivity contribution is -0.142. The molecule has 0 heterocycles. The Labute approximate surface area is 106 Å². The topological polar surface area (TPSA) is 47.6 Å². The fraction of sp³-hybridized carbons (Fsp3) is 0.462. The van der Waals surface area contributed by atoms with Crippen LogP contribution < -0.4 is 10.1 Å². The first-order chi connectivity index (χ1) is 8.58. The highest BCUT2D eigenvalue weighted by atomic mass is 19.1. The Balaban J connectivity index is 2.70. The van der Waals surface area contributed by atoms with Gasteiger partial charge in [0, 0.05) is 6.04 Å². The first-order valence-electron chi connectivity index (χ1n) is 5.81. The highest BCUT2D eigenvalue weighted by Gasteiger charge is 2.10. The Morgan fingerprint density at radius 2 is 2.22 bits per heavy atom. The number of hydrogen-bond donors (Lipinski definition) is 1. The molecule has 0 aliphatic carbocycles. The van der Waals surface area contributed by atoms with Crippen LogP contribution in [-0.4, -0.2) is 26.2 Å². The summed E-state index contributed by atoms with van der Waals surface area (Å²) in [6.45, 7) is 4.45. The van der Waals surface area contributed by atoms with Crippen molar-refractivity contribution < 1.29 is 18.7 Å². The second-order valence-corrected chi connectivity index (χ2v) is 3.83. The van der Waals surface area contributed by atoms with E-state index in [4.69, 9.17) is 4.74 Å². The van der Waals surface area contributed by atoms with E-state index in [0.717, 1.165) is 12.1 Å². The van der Waals surface area contributed by atoms with Crippen LogP contribution in [0.5, 0.6) is 5.75 Å². The summed E-state index contributed by atoms with van der Waals surface area (Å²) in [5.41, 5.74) is 0.833. The smallest absolute Gasteiger partial charge is 0.343 e. The number of esters is 1. The molecule has 0 saturated heterocycles. The average Bonchev–Trinajstić information content (AvgIpc) is 2.37. The molecule has 100 valence electrons. The summed E-state index contributed by atoms with van der Waals surface area (Å²) in [7, 11) is 1.25. The van der Waals surface area contributed by atoms with Gasteiger partial charge in [-0.15, -0.1) is 0 Å². The summed E-state index contributed by atoms with van der Waals surface area (Å²) in [6, 6.07) is 4.75. The maximum absolute atomic E-state index is 13.7. The predicted molar refractivity (Wildman–Crippen MR) is 66.0 cm³/mol. The third-order valence-electron chi connectivity index (χ3n) is 2.54. The molecule has 0 aromatic heterocycles. The lowest BCUT2D eigenvalue weighted by Crippen LogP contribution is -2.18. The van der Waals surface area contributed by atoms with Crippen LogP contribution in [-0.2, 0) is 9.53 Å². The molecule has 18 heavy (non-hydrogen) atoms. The minimum absolute atomic E-state index is 0.0489. The maximum atomic E-state index is 13.7. The van der Waals surface area contributed by atoms with E-state index in [1.54, 1.807) is 6.07 Å². The number of ether oxygens (including phenoxy) is 2. The van der Waals surface area contributed by atoms with Crippen molar-refractivity contribution in [2.45, 2.75) is 19.9 Å². The minimum Gasteiger partial charge on any atom is -0.479 e. The molecule has 0 radical (unpaired) electrons. The number of benzene rings is 1. The average molecular weight is 255 g/mol. The van der Waals surface area contributed by atoms with Crippen LogP contribution in [0.4, 0.5) is 4.39 Å². The summed E-state index contributed by atoms with van der Waals surface area (Å²) in [5, 5.41) is 3.19. The Morgan fingerprint density at radius 3 is 2.78 bits per heavy atom. The Hall–Kier alpha value is -1.62. The third kappa shape index (κ3) is 4.00. The van der Waals surface area contributed by atoms with Gasteiger partial charge < -0.3 is 14.8 Å². The van der Waals surface area contributed by atoms with Crippen molar-refractivity contribution in [3.63, 3.8) is 0 Å². The molecular weight excluding hydrogens is 237 g/mol. The van der Waals surface area contributed by atoms with Gasteiger partial charge in [-0.25, -0.2) is 9.18 Å². The lowest BCUT2D eigenvalue weighted by atomic mass is 10.1. The molecule has 0 saturated carbocycles. The van der Waals surface area contributed by atoms with Crippen molar-refractivity contribution in [2.24, 2.45) is 0 Å². The number of carbonyl (C=O) groups excluding carboxylic acids is 1. The van der Waals surface area contributed by atoms with Gasteiger partial charge in [0.15, 0.2) is 18.2 Å². The zero-order valence-electron chi connectivity index (χ0n) is 10.8. The summed E-state index contributed by atoms with van der Waals surface area (Å²) >= 11 is 0. The maximum Gasteiger partial charge on any atom is 0.343 e. The number of rotatable bonds is 6. The van der Waals surface area contributed by atoms with Gasteiger partial charge in [-0.1, -0.05) is 13.0 Å². The SMILES string of the molecule is CCNC(C)c1ccc(OCC(=O)OC)c(F)c1. The van der Waals surface area contributed by atoms with E-state index in [9.17, 15) is 9.18 Å². The molecule has 1 atom stereocenters. The third-order valence-corrected chi connectivity index (χ3v) is 2.54. The summed E-state index contributed by atoms with van der Waals surface area (Å²) < 4.78 is 23.1. The van der Waals surface area contributed by atoms with Crippen molar-refractivity contribution in [3.05, 3.63) is 29.6 Å². The van der Waals surface area contributed by atoms with Gasteiger partial charge in [0.1, 0.15) is 0 Å². The molecule has 4 nitrogen and oxygen atoms in total. The molecule has 0 aliphatic rings. The Bertz CT molecular complexity index is 409. The van der Waals surface area contributed by atoms with Crippen molar-refractivity contribution in [1.29, 1.82) is 0 Å². The van der Waals surface area contributed by atoms with Gasteiger partial charge in [-0.2, -0.15) is 0 Å². The molecule has 5 heteroatoms. The van der Waals surface area contributed by atoms with E-state index in [1.807, 2.05) is 13.8 Å². The number of hydrogen-bond acceptors (Lipinski definition) is 4.